The van der Waals surface area contributed by atoms with Crippen LogP contribution in [-0.2, 0) is 39.4 Å². The molecule has 4 aromatic heterocycles. The van der Waals surface area contributed by atoms with Crippen molar-refractivity contribution in [1.82, 2.24) is 15.0 Å². The second kappa shape index (κ2) is 24.7. The van der Waals surface area contributed by atoms with Crippen LogP contribution in [0.2, 0.25) is 19.6 Å². The molecular weight excluding hydrogens is 1070 g/mol. The largest absolute Gasteiger partial charge is 0.455 e. The van der Waals surface area contributed by atoms with Gasteiger partial charge in [0.25, 0.3) is 0 Å². The zero-order valence-electron chi connectivity index (χ0n) is 43.5. The molecule has 4 nitrogen and oxygen atoms in total. The van der Waals surface area contributed by atoms with Crippen LogP contribution in [0.1, 0.15) is 58.2 Å². The topological polar surface area (TPSA) is 51.8 Å². The van der Waals surface area contributed by atoms with Gasteiger partial charge in [-0.25, -0.2) is 0 Å². The van der Waals surface area contributed by atoms with E-state index in [0.717, 1.165) is 69.4 Å². The molecule has 0 amide bonds. The molecule has 0 bridgehead atoms. The van der Waals surface area contributed by atoms with Crippen molar-refractivity contribution in [3.63, 3.8) is 0 Å². The second-order valence-corrected chi connectivity index (χ2v) is 26.0. The number of benzene rings is 6. The molecule has 0 N–H and O–H groups in total. The van der Waals surface area contributed by atoms with Gasteiger partial charge in [0, 0.05) is 66.2 Å². The van der Waals surface area contributed by atoms with Crippen molar-refractivity contribution in [2.75, 3.05) is 0 Å². The van der Waals surface area contributed by atoms with E-state index in [1.54, 1.807) is 0 Å². The molecule has 0 fully saturated rings. The summed E-state index contributed by atoms with van der Waals surface area (Å²) in [6.07, 6.45) is 9.23. The molecule has 0 aliphatic rings. The monoisotopic (exact) mass is 1140 g/mol. The van der Waals surface area contributed by atoms with Crippen molar-refractivity contribution in [2.45, 2.75) is 80.4 Å². The summed E-state index contributed by atoms with van der Waals surface area (Å²) < 4.78 is 6.64. The van der Waals surface area contributed by atoms with Crippen LogP contribution < -0.4 is 5.19 Å². The smallest absolute Gasteiger partial charge is 0.145 e. The maximum Gasteiger partial charge on any atom is 0.145 e. The first-order valence-corrected chi connectivity index (χ1v) is 28.9. The summed E-state index contributed by atoms with van der Waals surface area (Å²) in [4.78, 5) is 13.9. The summed E-state index contributed by atoms with van der Waals surface area (Å²) in [5.74, 6) is 1.95. The standard InChI is InChI=1S/C33H27NO.C18H25NSi.C15H17N.Ir/c1-22(2)19-23-17-18-34-30(20-23)28-16-15-27(25-11-7-4-8-12-25)32-29-14-13-26(21-31(29)35-33(28)32)24-9-5-3-6-10-24;1-14(2)11-16-12-17(15-9-7-6-8-10-15)19-13-18(16)20(3,4)5;1-12(2)10-13-8-9-16-15(11-13)14-6-4-3-5-7-14;/h3-18,20-22H,19H2,1-2H3;6-10,12-14H,11H2,1-5H3;3-9,11-12H,10H2,1-2H3;. The number of nitrogens with zero attached hydrogens (tertiary/aromatic N) is 3. The zero-order valence-corrected chi connectivity index (χ0v) is 46.9. The van der Waals surface area contributed by atoms with Gasteiger partial charge in [-0.2, -0.15) is 0 Å². The molecule has 10 aromatic rings. The molecule has 367 valence electrons. The van der Waals surface area contributed by atoms with E-state index in [2.05, 4.69) is 230 Å². The Morgan fingerprint density at radius 2 is 0.903 bits per heavy atom. The van der Waals surface area contributed by atoms with E-state index in [4.69, 9.17) is 14.4 Å². The van der Waals surface area contributed by atoms with Gasteiger partial charge in [0.1, 0.15) is 11.2 Å². The Labute approximate surface area is 443 Å². The molecule has 0 atom stereocenters. The van der Waals surface area contributed by atoms with Gasteiger partial charge in [-0.1, -0.05) is 195 Å². The first kappa shape index (κ1) is 53.2. The van der Waals surface area contributed by atoms with Crippen LogP contribution in [0.5, 0.6) is 0 Å². The molecule has 6 aromatic carbocycles. The Kier molecular flexibility index (Phi) is 18.3. The number of aromatic nitrogens is 3. The summed E-state index contributed by atoms with van der Waals surface area (Å²) in [5.41, 5.74) is 17.2. The van der Waals surface area contributed by atoms with Crippen LogP contribution in [0.15, 0.2) is 205 Å². The number of hydrogen-bond acceptors (Lipinski definition) is 4. The Morgan fingerprint density at radius 3 is 1.43 bits per heavy atom. The van der Waals surface area contributed by atoms with E-state index in [1.807, 2.05) is 36.7 Å². The van der Waals surface area contributed by atoms with Crippen LogP contribution >= 0.6 is 0 Å². The number of pyridine rings is 3. The Morgan fingerprint density at radius 1 is 0.431 bits per heavy atom. The molecule has 0 spiro atoms. The first-order chi connectivity index (χ1) is 34.3. The molecule has 0 aliphatic carbocycles. The van der Waals surface area contributed by atoms with Crippen LogP contribution in [0.4, 0.5) is 0 Å². The quantitative estimate of drug-likeness (QED) is 0.114. The predicted octanol–water partition coefficient (Wildman–Crippen LogP) is 17.6. The predicted molar refractivity (Wildman–Crippen MR) is 306 cm³/mol. The maximum atomic E-state index is 6.64. The minimum atomic E-state index is -1.33. The van der Waals surface area contributed by atoms with Crippen molar-refractivity contribution in [2.24, 2.45) is 17.8 Å². The van der Waals surface area contributed by atoms with Crippen molar-refractivity contribution in [3.05, 3.63) is 217 Å². The van der Waals surface area contributed by atoms with Crippen LogP contribution in [0.3, 0.4) is 0 Å². The van der Waals surface area contributed by atoms with E-state index < -0.39 is 8.07 Å². The number of furan rings is 1. The first-order valence-electron chi connectivity index (χ1n) is 25.4. The van der Waals surface area contributed by atoms with Crippen molar-refractivity contribution < 1.29 is 24.5 Å². The van der Waals surface area contributed by atoms with Gasteiger partial charge in [0.05, 0.1) is 25.2 Å². The summed E-state index contributed by atoms with van der Waals surface area (Å²) in [6.45, 7) is 20.7. The number of hydrogen-bond donors (Lipinski definition) is 0. The normalized spacial score (nSPS) is 11.3. The molecule has 0 aliphatic heterocycles. The van der Waals surface area contributed by atoms with Crippen LogP contribution in [0.25, 0.3) is 78.0 Å². The Hall–Kier alpha value is -6.56. The SMILES string of the molecule is CC(C)Cc1cc(-c2ccccc2)ncc1[Si](C)(C)C.CC(C)Cc1ccnc(-c2ccc(-c3ccccc3)c3c2oc2cc(-c4ccccc4)ccc23)c1.CC(C)Cc1ccnc(-c2ccccc2)c1.[Ir]. The molecule has 10 rings (SSSR count). The molecule has 0 unspecified atom stereocenters. The van der Waals surface area contributed by atoms with Crippen molar-refractivity contribution in [1.29, 1.82) is 0 Å². The molecule has 0 saturated carbocycles. The minimum absolute atomic E-state index is 0. The van der Waals surface area contributed by atoms with Gasteiger partial charge >= 0.3 is 0 Å². The van der Waals surface area contributed by atoms with E-state index in [0.29, 0.717) is 17.8 Å². The molecule has 1 radical (unpaired) electrons. The minimum Gasteiger partial charge on any atom is -0.455 e. The van der Waals surface area contributed by atoms with E-state index in [1.165, 1.54) is 49.7 Å². The molecule has 72 heavy (non-hydrogen) atoms. The fourth-order valence-electron chi connectivity index (χ4n) is 9.36. The average molecular weight is 1140 g/mol. The number of fused-ring (bicyclic) bond motifs is 3. The van der Waals surface area contributed by atoms with Gasteiger partial charge < -0.3 is 4.42 Å². The second-order valence-electron chi connectivity index (χ2n) is 21.0. The third kappa shape index (κ3) is 13.7. The maximum absolute atomic E-state index is 6.64. The van der Waals surface area contributed by atoms with Gasteiger partial charge in [-0.15, -0.1) is 0 Å². The summed E-state index contributed by atoms with van der Waals surface area (Å²) in [5, 5.41) is 3.77. The summed E-state index contributed by atoms with van der Waals surface area (Å²) >= 11 is 0. The summed E-state index contributed by atoms with van der Waals surface area (Å²) in [6, 6.07) is 63.6. The van der Waals surface area contributed by atoms with E-state index in [9.17, 15) is 0 Å². The fraction of sp³-hybridized carbons (Fsp3) is 0.227. The molecular formula is C66H69IrN3OSi. The molecule has 6 heteroatoms. The average Bonchev–Trinajstić information content (AvgIpc) is 3.76. The van der Waals surface area contributed by atoms with Gasteiger partial charge in [0.15, 0.2) is 0 Å². The van der Waals surface area contributed by atoms with Crippen molar-refractivity contribution in [3.8, 4) is 56.0 Å². The van der Waals surface area contributed by atoms with Gasteiger partial charge in [-0.3, -0.25) is 15.0 Å². The third-order valence-electron chi connectivity index (χ3n) is 12.6. The van der Waals surface area contributed by atoms with Crippen LogP contribution in [0, 0.1) is 17.8 Å². The fourth-order valence-corrected chi connectivity index (χ4v) is 10.9. The Bertz CT molecular complexity index is 3290. The Balaban J connectivity index is 0.000000174. The van der Waals surface area contributed by atoms with E-state index >= 15 is 0 Å². The number of rotatable bonds is 12. The zero-order chi connectivity index (χ0) is 49.9. The van der Waals surface area contributed by atoms with Crippen LogP contribution in [-0.4, -0.2) is 23.0 Å². The van der Waals surface area contributed by atoms with E-state index in [-0.39, 0.29) is 20.1 Å². The molecule has 4 heterocycles. The third-order valence-corrected chi connectivity index (χ3v) is 14.7. The van der Waals surface area contributed by atoms with Crippen molar-refractivity contribution >= 4 is 35.2 Å². The van der Waals surface area contributed by atoms with Gasteiger partial charge in [0.2, 0.25) is 0 Å². The van der Waals surface area contributed by atoms with Gasteiger partial charge in [-0.05, 0) is 130 Å². The summed E-state index contributed by atoms with van der Waals surface area (Å²) in [7, 11) is -1.33. The molecule has 0 saturated heterocycles.